The molecule has 1 aliphatic rings. The maximum Gasteiger partial charge on any atom is 0.695 e. The van der Waals surface area contributed by atoms with Crippen LogP contribution in [0.2, 0.25) is 0 Å². The number of hydrogen-bond donors (Lipinski definition) is 7. The Balaban J connectivity index is -0.000000253. The highest BCUT2D eigenvalue weighted by Gasteiger charge is 2.26. The summed E-state index contributed by atoms with van der Waals surface area (Å²) in [5.41, 5.74) is 0. The number of rotatable bonds is 2. The first-order valence-electron chi connectivity index (χ1n) is 5.66. The molecule has 0 radical (unpaired) electrons. The van der Waals surface area contributed by atoms with E-state index in [4.69, 9.17) is 35.2 Å². The molecule has 0 aromatic rings. The Labute approximate surface area is 125 Å². The number of hydroxylamine groups is 2. The smallest absolute Gasteiger partial charge is 0.398 e. The lowest BCUT2D eigenvalue weighted by molar-refractivity contribution is -0.0936. The zero-order valence-corrected chi connectivity index (χ0v) is 11.5. The summed E-state index contributed by atoms with van der Waals surface area (Å²) in [5, 5.41) is 51.3. The molecule has 1 rings (SSSR count). The van der Waals surface area contributed by atoms with Gasteiger partial charge in [-0.2, -0.15) is 5.06 Å². The molecule has 1 heterocycles. The number of hydrogen-bond acceptors (Lipinski definition) is 9. The maximum absolute atomic E-state index is 11.8. The fourth-order valence-corrected chi connectivity index (χ4v) is 1.18. The van der Waals surface area contributed by atoms with Crippen molar-refractivity contribution in [3.05, 3.63) is 0 Å². The summed E-state index contributed by atoms with van der Waals surface area (Å²) < 4.78 is 46.6. The predicted octanol–water partition coefficient (Wildman–Crippen LogP) is -2.87. The molecule has 0 amide bonds. The molecule has 1 saturated heterocycles. The van der Waals surface area contributed by atoms with Crippen molar-refractivity contribution in [3.63, 3.8) is 0 Å². The number of nitrogens with zero attached hydrogens (tertiary/aromatic N) is 1. The van der Waals surface area contributed by atoms with Crippen molar-refractivity contribution in [2.24, 2.45) is 0 Å². The molecule has 9 nitrogen and oxygen atoms in total. The van der Waals surface area contributed by atoms with Crippen LogP contribution < -0.4 is 0 Å². The third kappa shape index (κ3) is 36.7. The lowest BCUT2D eigenvalue weighted by Crippen LogP contribution is -2.32. The molecule has 0 aromatic heterocycles. The summed E-state index contributed by atoms with van der Waals surface area (Å²) in [6.07, 6.45) is 2.01. The van der Waals surface area contributed by atoms with Crippen molar-refractivity contribution in [2.45, 2.75) is 25.8 Å². The topological polar surface area (TPSA) is 154 Å². The lowest BCUT2D eigenvalue weighted by Gasteiger charge is -2.18. The molecular formula is C5H17B4F4NO8. The minimum absolute atomic E-state index is 0.227. The zero-order valence-electron chi connectivity index (χ0n) is 11.5. The molecular weight excluding hydrogens is 321 g/mol. The van der Waals surface area contributed by atoms with E-state index in [-0.39, 0.29) is 6.04 Å². The second-order valence-electron chi connectivity index (χ2n) is 3.46. The first kappa shape index (κ1) is 26.5. The van der Waals surface area contributed by atoms with Gasteiger partial charge in [0.1, 0.15) is 0 Å². The van der Waals surface area contributed by atoms with Crippen molar-refractivity contribution >= 4 is 29.6 Å². The Kier molecular flexibility index (Phi) is 20.5. The van der Waals surface area contributed by atoms with Gasteiger partial charge in [0.2, 0.25) is 0 Å². The van der Waals surface area contributed by atoms with Gasteiger partial charge >= 0.3 is 29.6 Å². The first-order chi connectivity index (χ1) is 9.89. The minimum Gasteiger partial charge on any atom is -0.398 e. The maximum atomic E-state index is 11.8. The molecule has 0 aliphatic carbocycles. The summed E-state index contributed by atoms with van der Waals surface area (Å²) in [7, 11) is -10.2. The molecule has 1 atom stereocenters. The molecule has 0 spiro atoms. The van der Waals surface area contributed by atoms with E-state index in [1.54, 1.807) is 0 Å². The van der Waals surface area contributed by atoms with Gasteiger partial charge < -0.3 is 35.2 Å². The van der Waals surface area contributed by atoms with Crippen LogP contribution in [0.1, 0.15) is 19.8 Å². The summed E-state index contributed by atoms with van der Waals surface area (Å²) in [6.45, 7) is 2.65. The second kappa shape index (κ2) is 17.0. The second-order valence-corrected chi connectivity index (χ2v) is 3.46. The van der Waals surface area contributed by atoms with Crippen LogP contribution in [0.15, 0.2) is 0 Å². The highest BCUT2D eigenvalue weighted by molar-refractivity contribution is 6.33. The Hall–Kier alpha value is -0.380. The van der Waals surface area contributed by atoms with Crippen molar-refractivity contribution in [3.8, 4) is 0 Å². The van der Waals surface area contributed by atoms with Gasteiger partial charge in [-0.25, -0.2) is 0 Å². The molecule has 1 aliphatic heterocycles. The third-order valence-electron chi connectivity index (χ3n) is 1.71. The molecule has 1 unspecified atom stereocenters. The van der Waals surface area contributed by atoms with E-state index in [0.717, 1.165) is 12.8 Å². The third-order valence-corrected chi connectivity index (χ3v) is 1.71. The highest BCUT2D eigenvalue weighted by Crippen LogP contribution is 2.16. The predicted molar refractivity (Wildman–Crippen MR) is 69.5 cm³/mol. The van der Waals surface area contributed by atoms with Crippen molar-refractivity contribution in [2.75, 3.05) is 6.54 Å². The molecule has 0 aromatic carbocycles. The Morgan fingerprint density at radius 1 is 0.864 bits per heavy atom. The van der Waals surface area contributed by atoms with E-state index in [1.807, 2.05) is 6.92 Å². The van der Waals surface area contributed by atoms with E-state index in [2.05, 4.69) is 4.76 Å². The van der Waals surface area contributed by atoms with Crippen molar-refractivity contribution in [1.82, 2.24) is 5.06 Å². The van der Waals surface area contributed by atoms with Crippen LogP contribution in [0.3, 0.4) is 0 Å². The summed E-state index contributed by atoms with van der Waals surface area (Å²) in [4.78, 5) is 0. The van der Waals surface area contributed by atoms with Gasteiger partial charge in [-0.05, 0) is 19.8 Å². The minimum atomic E-state index is -2.67. The van der Waals surface area contributed by atoms with Gasteiger partial charge in [-0.3, -0.25) is 22.0 Å². The van der Waals surface area contributed by atoms with Crippen molar-refractivity contribution in [1.29, 1.82) is 0 Å². The van der Waals surface area contributed by atoms with Gasteiger partial charge in [-0.1, -0.05) is 0 Å². The van der Waals surface area contributed by atoms with E-state index in [0.29, 0.717) is 6.54 Å². The van der Waals surface area contributed by atoms with Crippen LogP contribution in [0.4, 0.5) is 17.3 Å². The van der Waals surface area contributed by atoms with Crippen molar-refractivity contribution < 1.29 is 57.2 Å². The normalized spacial score (nSPS) is 16.1. The SMILES string of the molecule is CC1CCCN1OB(O)F.OB(O)F.OB(O)F.OB(O)F. The molecule has 1 fully saturated rings. The van der Waals surface area contributed by atoms with Gasteiger partial charge in [0.05, 0.1) is 0 Å². The van der Waals surface area contributed by atoms with Gasteiger partial charge in [0.15, 0.2) is 0 Å². The summed E-state index contributed by atoms with van der Waals surface area (Å²) in [5.74, 6) is 0. The van der Waals surface area contributed by atoms with Gasteiger partial charge in [0.25, 0.3) is 0 Å². The van der Waals surface area contributed by atoms with Crippen LogP contribution in [-0.2, 0) is 4.76 Å². The largest absolute Gasteiger partial charge is 0.695 e. The van der Waals surface area contributed by atoms with Gasteiger partial charge in [0, 0.05) is 12.6 Å². The Morgan fingerprint density at radius 2 is 1.18 bits per heavy atom. The van der Waals surface area contributed by atoms with Crippen LogP contribution >= 0.6 is 0 Å². The Morgan fingerprint density at radius 3 is 1.36 bits per heavy atom. The zero-order chi connectivity index (χ0) is 18.3. The number of halogens is 4. The lowest BCUT2D eigenvalue weighted by atomic mass is 10.3. The standard InChI is InChI=1S/C5H11BFNO2.3BFH2O2/c1-5-3-2-4-8(5)10-6(7)9;3*2-1(3)4/h5,9H,2-4H2,1H3;3*3-4H. The fraction of sp³-hybridized carbons (Fsp3) is 1.00. The summed E-state index contributed by atoms with van der Waals surface area (Å²) >= 11 is 0. The summed E-state index contributed by atoms with van der Waals surface area (Å²) in [6, 6.07) is 0.227. The molecule has 0 saturated carbocycles. The average molecular weight is 338 g/mol. The van der Waals surface area contributed by atoms with E-state index in [1.165, 1.54) is 5.06 Å². The fourth-order valence-electron chi connectivity index (χ4n) is 1.18. The monoisotopic (exact) mass is 339 g/mol. The van der Waals surface area contributed by atoms with Crippen LogP contribution in [0.5, 0.6) is 0 Å². The van der Waals surface area contributed by atoms with Crippen LogP contribution in [0, 0.1) is 0 Å². The first-order valence-corrected chi connectivity index (χ1v) is 5.66. The van der Waals surface area contributed by atoms with Gasteiger partial charge in [-0.15, -0.1) is 0 Å². The van der Waals surface area contributed by atoms with Crippen LogP contribution in [0.25, 0.3) is 0 Å². The quantitative estimate of drug-likeness (QED) is 0.208. The highest BCUT2D eigenvalue weighted by atomic mass is 19.1. The molecule has 7 N–H and O–H groups in total. The van der Waals surface area contributed by atoms with E-state index >= 15 is 0 Å². The van der Waals surface area contributed by atoms with Crippen LogP contribution in [-0.4, -0.2) is 82.4 Å². The molecule has 0 bridgehead atoms. The molecule has 17 heteroatoms. The average Bonchev–Trinajstić information content (AvgIpc) is 2.60. The molecule has 130 valence electrons. The van der Waals surface area contributed by atoms with E-state index in [9.17, 15) is 17.3 Å². The Bertz CT molecular complexity index is 212. The molecule has 22 heavy (non-hydrogen) atoms. The van der Waals surface area contributed by atoms with E-state index < -0.39 is 29.6 Å².